The van der Waals surface area contributed by atoms with Gasteiger partial charge in [0, 0.05) is 0 Å². The van der Waals surface area contributed by atoms with Crippen molar-refractivity contribution >= 4 is 22.9 Å². The van der Waals surface area contributed by atoms with E-state index in [9.17, 15) is 9.00 Å². The summed E-state index contributed by atoms with van der Waals surface area (Å²) in [6.45, 7) is 3.24. The van der Waals surface area contributed by atoms with Crippen LogP contribution in [0.25, 0.3) is 0 Å². The van der Waals surface area contributed by atoms with Crippen LogP contribution in [0.3, 0.4) is 0 Å². The van der Waals surface area contributed by atoms with Gasteiger partial charge in [-0.1, -0.05) is 17.7 Å². The fourth-order valence-electron chi connectivity index (χ4n) is 1.24. The Bertz CT molecular complexity index is 404. The molecule has 0 saturated carbocycles. The summed E-state index contributed by atoms with van der Waals surface area (Å²) < 4.78 is 21.1. The Balaban J connectivity index is 3.07. The lowest BCUT2D eigenvalue weighted by molar-refractivity contribution is -0.137. The topological polar surface area (TPSA) is 77.8 Å². The number of hydrogen-bond acceptors (Lipinski definition) is 2. The number of aryl methyl sites for hydroxylation is 1. The van der Waals surface area contributed by atoms with Gasteiger partial charge in [-0.15, -0.1) is 0 Å². The Kier molecular flexibility index (Phi) is 4.03. The van der Waals surface area contributed by atoms with Crippen molar-refractivity contribution in [2.75, 3.05) is 4.31 Å². The molecule has 0 aliphatic rings. The fraction of sp³-hybridized carbons (Fsp3) is 0.300. The SMILES string of the molecule is Cc1ccc(N(C(C)C(=O)O)S(=O)O)cc1. The van der Waals surface area contributed by atoms with E-state index in [0.29, 0.717) is 5.69 Å². The van der Waals surface area contributed by atoms with Crippen molar-refractivity contribution in [3.05, 3.63) is 29.8 Å². The highest BCUT2D eigenvalue weighted by Gasteiger charge is 2.25. The van der Waals surface area contributed by atoms with Crippen molar-refractivity contribution in [2.24, 2.45) is 0 Å². The third-order valence-corrected chi connectivity index (χ3v) is 3.03. The average Bonchev–Trinajstić information content (AvgIpc) is 2.20. The highest BCUT2D eigenvalue weighted by molar-refractivity contribution is 7.80. The van der Waals surface area contributed by atoms with Crippen molar-refractivity contribution in [2.45, 2.75) is 19.9 Å². The summed E-state index contributed by atoms with van der Waals surface area (Å²) in [6.07, 6.45) is 0. The summed E-state index contributed by atoms with van der Waals surface area (Å²) in [5, 5.41) is 8.83. The van der Waals surface area contributed by atoms with Crippen LogP contribution in [0.2, 0.25) is 0 Å². The molecule has 1 aromatic carbocycles. The molecule has 2 atom stereocenters. The lowest BCUT2D eigenvalue weighted by Gasteiger charge is -2.23. The number of hydrogen-bond donors (Lipinski definition) is 2. The van der Waals surface area contributed by atoms with Crippen LogP contribution in [0.4, 0.5) is 5.69 Å². The molecule has 0 aromatic heterocycles. The Labute approximate surface area is 96.1 Å². The summed E-state index contributed by atoms with van der Waals surface area (Å²) in [5.74, 6) is -1.15. The standard InChI is InChI=1S/C10H13NO4S/c1-7-3-5-9(6-4-7)11(16(14)15)8(2)10(12)13/h3-6,8H,1-2H3,(H,12,13)(H,14,15). The normalized spacial score (nSPS) is 14.2. The molecule has 1 rings (SSSR count). The molecular formula is C10H13NO4S. The summed E-state index contributed by atoms with van der Waals surface area (Å²) in [6, 6.07) is 5.67. The number of carboxylic acids is 1. The van der Waals surface area contributed by atoms with Gasteiger partial charge in [0.1, 0.15) is 6.04 Å². The molecule has 0 radical (unpaired) electrons. The summed E-state index contributed by atoms with van der Waals surface area (Å²) in [5.41, 5.74) is 1.40. The second-order valence-electron chi connectivity index (χ2n) is 3.41. The smallest absolute Gasteiger partial charge is 0.327 e. The second kappa shape index (κ2) is 5.09. The first-order valence-corrected chi connectivity index (χ1v) is 5.69. The van der Waals surface area contributed by atoms with Crippen LogP contribution < -0.4 is 4.31 Å². The van der Waals surface area contributed by atoms with Crippen molar-refractivity contribution in [3.8, 4) is 0 Å². The fourth-order valence-corrected chi connectivity index (χ4v) is 1.90. The van der Waals surface area contributed by atoms with Gasteiger partial charge in [-0.05, 0) is 26.0 Å². The zero-order chi connectivity index (χ0) is 12.3. The Morgan fingerprint density at radius 1 is 1.38 bits per heavy atom. The first kappa shape index (κ1) is 12.7. The van der Waals surface area contributed by atoms with E-state index >= 15 is 0 Å². The highest BCUT2D eigenvalue weighted by Crippen LogP contribution is 2.19. The van der Waals surface area contributed by atoms with Crippen LogP contribution in [-0.4, -0.2) is 25.9 Å². The number of rotatable bonds is 4. The molecule has 6 heteroatoms. The van der Waals surface area contributed by atoms with Crippen molar-refractivity contribution in [1.82, 2.24) is 0 Å². The van der Waals surface area contributed by atoms with Gasteiger partial charge in [0.05, 0.1) is 5.69 Å². The van der Waals surface area contributed by atoms with Crippen LogP contribution in [0, 0.1) is 6.92 Å². The van der Waals surface area contributed by atoms with E-state index < -0.39 is 23.3 Å². The minimum Gasteiger partial charge on any atom is -0.480 e. The first-order valence-electron chi connectivity index (χ1n) is 4.63. The molecule has 0 fully saturated rings. The van der Waals surface area contributed by atoms with Crippen LogP contribution >= 0.6 is 0 Å². The van der Waals surface area contributed by atoms with Gasteiger partial charge in [0.25, 0.3) is 11.3 Å². The number of benzene rings is 1. The van der Waals surface area contributed by atoms with Gasteiger partial charge in [-0.3, -0.25) is 8.86 Å². The Morgan fingerprint density at radius 3 is 2.25 bits per heavy atom. The molecular weight excluding hydrogens is 230 g/mol. The van der Waals surface area contributed by atoms with Gasteiger partial charge in [0.15, 0.2) is 0 Å². The second-order valence-corrected chi connectivity index (χ2v) is 4.26. The summed E-state index contributed by atoms with van der Waals surface area (Å²) in [4.78, 5) is 10.8. The Hall–Kier alpha value is -1.40. The maximum Gasteiger partial charge on any atom is 0.327 e. The summed E-state index contributed by atoms with van der Waals surface area (Å²) >= 11 is -2.36. The van der Waals surface area contributed by atoms with Crippen molar-refractivity contribution in [3.63, 3.8) is 0 Å². The molecule has 0 saturated heterocycles. The molecule has 2 N–H and O–H groups in total. The van der Waals surface area contributed by atoms with Gasteiger partial charge >= 0.3 is 5.97 Å². The van der Waals surface area contributed by atoms with E-state index in [-0.39, 0.29) is 0 Å². The largest absolute Gasteiger partial charge is 0.480 e. The van der Waals surface area contributed by atoms with Crippen LogP contribution in [0.1, 0.15) is 12.5 Å². The zero-order valence-electron chi connectivity index (χ0n) is 8.95. The first-order chi connectivity index (χ1) is 7.43. The van der Waals surface area contributed by atoms with E-state index in [2.05, 4.69) is 0 Å². The highest BCUT2D eigenvalue weighted by atomic mass is 32.2. The number of carboxylic acid groups (broad SMARTS) is 1. The van der Waals surface area contributed by atoms with E-state index in [0.717, 1.165) is 9.87 Å². The molecule has 0 aliphatic carbocycles. The van der Waals surface area contributed by atoms with E-state index in [1.807, 2.05) is 6.92 Å². The van der Waals surface area contributed by atoms with Gasteiger partial charge in [0.2, 0.25) is 0 Å². The molecule has 0 spiro atoms. The molecule has 0 bridgehead atoms. The lowest BCUT2D eigenvalue weighted by Crippen LogP contribution is -2.40. The monoisotopic (exact) mass is 243 g/mol. The van der Waals surface area contributed by atoms with Crippen LogP contribution in [0.15, 0.2) is 24.3 Å². The minimum atomic E-state index is -2.36. The maximum atomic E-state index is 11.1. The summed E-state index contributed by atoms with van der Waals surface area (Å²) in [7, 11) is 0. The molecule has 1 aromatic rings. The molecule has 0 amide bonds. The van der Waals surface area contributed by atoms with E-state index in [1.54, 1.807) is 24.3 Å². The zero-order valence-corrected chi connectivity index (χ0v) is 9.77. The Morgan fingerprint density at radius 2 is 1.88 bits per heavy atom. The predicted molar refractivity (Wildman–Crippen MR) is 61.5 cm³/mol. The molecule has 0 aliphatic heterocycles. The van der Waals surface area contributed by atoms with E-state index in [1.165, 1.54) is 6.92 Å². The van der Waals surface area contributed by atoms with Gasteiger partial charge in [-0.25, -0.2) is 9.00 Å². The maximum absolute atomic E-state index is 11.1. The predicted octanol–water partition coefficient (Wildman–Crippen LogP) is 1.41. The van der Waals surface area contributed by atoms with Crippen LogP contribution in [0.5, 0.6) is 0 Å². The van der Waals surface area contributed by atoms with Crippen molar-refractivity contribution < 1.29 is 18.7 Å². The molecule has 2 unspecified atom stereocenters. The van der Waals surface area contributed by atoms with E-state index in [4.69, 9.17) is 9.66 Å². The lowest BCUT2D eigenvalue weighted by atomic mass is 10.2. The van der Waals surface area contributed by atoms with Crippen molar-refractivity contribution in [1.29, 1.82) is 0 Å². The quantitative estimate of drug-likeness (QED) is 0.784. The number of carbonyl (C=O) groups is 1. The van der Waals surface area contributed by atoms with Gasteiger partial charge < -0.3 is 5.11 Å². The molecule has 16 heavy (non-hydrogen) atoms. The third kappa shape index (κ3) is 2.80. The molecule has 88 valence electrons. The average molecular weight is 243 g/mol. The minimum absolute atomic E-state index is 0.404. The molecule has 5 nitrogen and oxygen atoms in total. The van der Waals surface area contributed by atoms with Crippen LogP contribution in [-0.2, 0) is 16.1 Å². The number of aliphatic carboxylic acids is 1. The van der Waals surface area contributed by atoms with Gasteiger partial charge in [-0.2, -0.15) is 0 Å². The number of anilines is 1. The molecule has 0 heterocycles. The number of nitrogens with zero attached hydrogens (tertiary/aromatic N) is 1. The third-order valence-electron chi connectivity index (χ3n) is 2.17.